The van der Waals surface area contributed by atoms with Crippen LogP contribution >= 0.6 is 11.3 Å². The fourth-order valence-corrected chi connectivity index (χ4v) is 1.92. The Morgan fingerprint density at radius 2 is 2.19 bits per heavy atom. The first-order valence-electron chi connectivity index (χ1n) is 5.05. The molecule has 2 unspecified atom stereocenters. The van der Waals surface area contributed by atoms with E-state index in [1.807, 2.05) is 17.5 Å². The van der Waals surface area contributed by atoms with Gasteiger partial charge < -0.3 is 10.4 Å². The SMILES string of the molecule is CC(NC(=O)Cc1cccs1)C(C)C(=O)O. The lowest BCUT2D eigenvalue weighted by atomic mass is 10.0. The smallest absolute Gasteiger partial charge is 0.308 e. The van der Waals surface area contributed by atoms with Gasteiger partial charge >= 0.3 is 5.97 Å². The number of aliphatic carboxylic acids is 1. The Morgan fingerprint density at radius 3 is 2.69 bits per heavy atom. The van der Waals surface area contributed by atoms with Crippen LogP contribution in [-0.2, 0) is 16.0 Å². The van der Waals surface area contributed by atoms with Crippen molar-refractivity contribution in [2.24, 2.45) is 5.92 Å². The second-order valence-electron chi connectivity index (χ2n) is 3.74. The van der Waals surface area contributed by atoms with Crippen LogP contribution in [0.2, 0.25) is 0 Å². The molecule has 1 rings (SSSR count). The van der Waals surface area contributed by atoms with Crippen molar-refractivity contribution < 1.29 is 14.7 Å². The van der Waals surface area contributed by atoms with Crippen molar-refractivity contribution in [3.8, 4) is 0 Å². The Bertz CT molecular complexity index is 361. The van der Waals surface area contributed by atoms with E-state index >= 15 is 0 Å². The number of carboxylic acid groups (broad SMARTS) is 1. The standard InChI is InChI=1S/C11H15NO3S/c1-7(11(14)15)8(2)12-10(13)6-9-4-3-5-16-9/h3-5,7-8H,6H2,1-2H3,(H,12,13)(H,14,15). The highest BCUT2D eigenvalue weighted by Crippen LogP contribution is 2.09. The normalized spacial score (nSPS) is 14.1. The molecule has 2 atom stereocenters. The summed E-state index contributed by atoms with van der Waals surface area (Å²) in [5, 5.41) is 13.4. The molecule has 0 aliphatic carbocycles. The number of thiophene rings is 1. The monoisotopic (exact) mass is 241 g/mol. The van der Waals surface area contributed by atoms with Crippen LogP contribution in [0.1, 0.15) is 18.7 Å². The van der Waals surface area contributed by atoms with Gasteiger partial charge in [-0.25, -0.2) is 0 Å². The quantitative estimate of drug-likeness (QED) is 0.821. The number of carbonyl (C=O) groups excluding carboxylic acids is 1. The van der Waals surface area contributed by atoms with Gasteiger partial charge in [0.2, 0.25) is 5.91 Å². The summed E-state index contributed by atoms with van der Waals surface area (Å²) in [4.78, 5) is 23.2. The lowest BCUT2D eigenvalue weighted by Crippen LogP contribution is -2.40. The molecule has 0 saturated heterocycles. The largest absolute Gasteiger partial charge is 0.481 e. The lowest BCUT2D eigenvalue weighted by molar-refractivity contribution is -0.142. The molecule has 0 saturated carbocycles. The first-order valence-corrected chi connectivity index (χ1v) is 5.93. The molecule has 0 aromatic carbocycles. The third-order valence-corrected chi connectivity index (χ3v) is 3.32. The van der Waals surface area contributed by atoms with Gasteiger partial charge in [-0.3, -0.25) is 9.59 Å². The van der Waals surface area contributed by atoms with Crippen molar-refractivity contribution >= 4 is 23.2 Å². The number of hydrogen-bond donors (Lipinski definition) is 2. The molecule has 0 spiro atoms. The molecule has 88 valence electrons. The summed E-state index contributed by atoms with van der Waals surface area (Å²) in [6, 6.07) is 3.41. The summed E-state index contributed by atoms with van der Waals surface area (Å²) in [7, 11) is 0. The molecule has 1 heterocycles. The second kappa shape index (κ2) is 5.65. The highest BCUT2D eigenvalue weighted by Gasteiger charge is 2.20. The summed E-state index contributed by atoms with van der Waals surface area (Å²) in [5.74, 6) is -1.61. The first-order chi connectivity index (χ1) is 7.50. The molecular formula is C11H15NO3S. The average Bonchev–Trinajstić information content (AvgIpc) is 2.68. The van der Waals surface area contributed by atoms with E-state index in [2.05, 4.69) is 5.32 Å². The lowest BCUT2D eigenvalue weighted by Gasteiger charge is -2.17. The first kappa shape index (κ1) is 12.7. The van der Waals surface area contributed by atoms with Crippen LogP contribution in [0, 0.1) is 5.92 Å². The van der Waals surface area contributed by atoms with Gasteiger partial charge in [-0.15, -0.1) is 11.3 Å². The van der Waals surface area contributed by atoms with Crippen LogP contribution in [0.4, 0.5) is 0 Å². The van der Waals surface area contributed by atoms with E-state index in [-0.39, 0.29) is 11.9 Å². The van der Waals surface area contributed by atoms with Crippen molar-refractivity contribution in [1.29, 1.82) is 0 Å². The molecule has 0 fully saturated rings. The maximum absolute atomic E-state index is 11.6. The van der Waals surface area contributed by atoms with Gasteiger partial charge in [-0.2, -0.15) is 0 Å². The third-order valence-electron chi connectivity index (χ3n) is 2.44. The Balaban J connectivity index is 2.42. The van der Waals surface area contributed by atoms with Crippen LogP contribution in [-0.4, -0.2) is 23.0 Å². The van der Waals surface area contributed by atoms with Gasteiger partial charge in [-0.1, -0.05) is 6.07 Å². The molecule has 0 bridgehead atoms. The number of carbonyl (C=O) groups is 2. The number of carboxylic acids is 1. The van der Waals surface area contributed by atoms with Crippen LogP contribution in [0.25, 0.3) is 0 Å². The van der Waals surface area contributed by atoms with E-state index in [1.165, 1.54) is 11.3 Å². The molecule has 1 aromatic rings. The van der Waals surface area contributed by atoms with Gasteiger partial charge in [0.25, 0.3) is 0 Å². The molecule has 4 nitrogen and oxygen atoms in total. The summed E-state index contributed by atoms with van der Waals surface area (Å²) in [6.45, 7) is 3.28. The van der Waals surface area contributed by atoms with Gasteiger partial charge in [-0.05, 0) is 25.3 Å². The van der Waals surface area contributed by atoms with Crippen LogP contribution in [0.5, 0.6) is 0 Å². The molecule has 0 radical (unpaired) electrons. The topological polar surface area (TPSA) is 66.4 Å². The van der Waals surface area contributed by atoms with Crippen molar-refractivity contribution in [3.05, 3.63) is 22.4 Å². The minimum absolute atomic E-state index is 0.136. The van der Waals surface area contributed by atoms with E-state index < -0.39 is 11.9 Å². The highest BCUT2D eigenvalue weighted by molar-refractivity contribution is 7.10. The molecular weight excluding hydrogens is 226 g/mol. The summed E-state index contributed by atoms with van der Waals surface area (Å²) in [5.41, 5.74) is 0. The number of rotatable bonds is 5. The summed E-state index contributed by atoms with van der Waals surface area (Å²) >= 11 is 1.52. The second-order valence-corrected chi connectivity index (χ2v) is 4.77. The third kappa shape index (κ3) is 3.66. The molecule has 16 heavy (non-hydrogen) atoms. The van der Waals surface area contributed by atoms with E-state index in [0.29, 0.717) is 6.42 Å². The van der Waals surface area contributed by atoms with E-state index in [4.69, 9.17) is 5.11 Å². The molecule has 2 N–H and O–H groups in total. The fourth-order valence-electron chi connectivity index (χ4n) is 1.22. The van der Waals surface area contributed by atoms with Gasteiger partial charge in [0, 0.05) is 10.9 Å². The zero-order valence-corrected chi connectivity index (χ0v) is 10.1. The van der Waals surface area contributed by atoms with E-state index in [1.54, 1.807) is 13.8 Å². The Hall–Kier alpha value is -1.36. The number of hydrogen-bond acceptors (Lipinski definition) is 3. The van der Waals surface area contributed by atoms with Gasteiger partial charge in [0.05, 0.1) is 12.3 Å². The summed E-state index contributed by atoms with van der Waals surface area (Å²) in [6.07, 6.45) is 0.314. The molecule has 0 aliphatic heterocycles. The maximum atomic E-state index is 11.6. The minimum Gasteiger partial charge on any atom is -0.481 e. The predicted octanol–water partition coefficient (Wildman–Crippen LogP) is 1.52. The van der Waals surface area contributed by atoms with Crippen LogP contribution in [0.3, 0.4) is 0 Å². The fraction of sp³-hybridized carbons (Fsp3) is 0.455. The summed E-state index contributed by atoms with van der Waals surface area (Å²) < 4.78 is 0. The van der Waals surface area contributed by atoms with E-state index in [0.717, 1.165) is 4.88 Å². The number of amides is 1. The van der Waals surface area contributed by atoms with Crippen LogP contribution in [0.15, 0.2) is 17.5 Å². The van der Waals surface area contributed by atoms with Crippen molar-refractivity contribution in [3.63, 3.8) is 0 Å². The molecule has 5 heteroatoms. The predicted molar refractivity (Wildman–Crippen MR) is 62.4 cm³/mol. The minimum atomic E-state index is -0.899. The highest BCUT2D eigenvalue weighted by atomic mass is 32.1. The Morgan fingerprint density at radius 1 is 1.50 bits per heavy atom. The van der Waals surface area contributed by atoms with Crippen molar-refractivity contribution in [2.45, 2.75) is 26.3 Å². The maximum Gasteiger partial charge on any atom is 0.308 e. The zero-order valence-electron chi connectivity index (χ0n) is 9.27. The van der Waals surface area contributed by atoms with Gasteiger partial charge in [0.15, 0.2) is 0 Å². The number of nitrogens with one attached hydrogen (secondary N) is 1. The van der Waals surface area contributed by atoms with E-state index in [9.17, 15) is 9.59 Å². The zero-order chi connectivity index (χ0) is 12.1. The molecule has 1 amide bonds. The van der Waals surface area contributed by atoms with Gasteiger partial charge in [0.1, 0.15) is 0 Å². The van der Waals surface area contributed by atoms with Crippen molar-refractivity contribution in [2.75, 3.05) is 0 Å². The Labute approximate surface area is 98.3 Å². The van der Waals surface area contributed by atoms with Crippen molar-refractivity contribution in [1.82, 2.24) is 5.32 Å². The average molecular weight is 241 g/mol. The van der Waals surface area contributed by atoms with Crippen LogP contribution < -0.4 is 5.32 Å². The molecule has 1 aromatic heterocycles. The Kier molecular flexibility index (Phi) is 4.49. The molecule has 0 aliphatic rings.